The summed E-state index contributed by atoms with van der Waals surface area (Å²) in [5.41, 5.74) is 8.76. The molecule has 2 N–H and O–H groups in total. The molecule has 4 heteroatoms. The van der Waals surface area contributed by atoms with E-state index in [9.17, 15) is 0 Å². The molecule has 0 amide bonds. The Morgan fingerprint density at radius 3 is 2.88 bits per heavy atom. The molecule has 0 spiro atoms. The van der Waals surface area contributed by atoms with E-state index in [1.54, 1.807) is 7.11 Å². The summed E-state index contributed by atoms with van der Waals surface area (Å²) in [5, 5.41) is 0. The molecule has 92 valence electrons. The van der Waals surface area contributed by atoms with Crippen molar-refractivity contribution in [3.63, 3.8) is 0 Å². The molecule has 1 aliphatic heterocycles. The fraction of sp³-hybridized carbons (Fsp3) is 0.538. The minimum Gasteiger partial charge on any atom is -0.454 e. The van der Waals surface area contributed by atoms with Crippen molar-refractivity contribution in [3.8, 4) is 11.5 Å². The summed E-state index contributed by atoms with van der Waals surface area (Å²) in [6, 6.07) is 4.14. The smallest absolute Gasteiger partial charge is 0.231 e. The van der Waals surface area contributed by atoms with Crippen LogP contribution in [0.15, 0.2) is 12.1 Å². The van der Waals surface area contributed by atoms with Crippen LogP contribution in [0.2, 0.25) is 0 Å². The fourth-order valence-electron chi connectivity index (χ4n) is 2.70. The number of methoxy groups -OCH3 is 1. The lowest BCUT2D eigenvalue weighted by Crippen LogP contribution is -2.30. The van der Waals surface area contributed by atoms with E-state index in [4.69, 9.17) is 19.9 Å². The van der Waals surface area contributed by atoms with Gasteiger partial charge in [-0.25, -0.2) is 0 Å². The molecule has 17 heavy (non-hydrogen) atoms. The summed E-state index contributed by atoms with van der Waals surface area (Å²) in [4.78, 5) is 0. The van der Waals surface area contributed by atoms with Gasteiger partial charge in [0.2, 0.25) is 6.79 Å². The molecule has 4 nitrogen and oxygen atoms in total. The van der Waals surface area contributed by atoms with Crippen LogP contribution in [0.1, 0.15) is 23.6 Å². The molecule has 1 aromatic rings. The first-order chi connectivity index (χ1) is 8.29. The van der Waals surface area contributed by atoms with Gasteiger partial charge in [-0.1, -0.05) is 0 Å². The monoisotopic (exact) mass is 235 g/mol. The quantitative estimate of drug-likeness (QED) is 0.846. The molecule has 1 aromatic carbocycles. The molecule has 2 aliphatic rings. The third-order valence-electron chi connectivity index (χ3n) is 3.67. The van der Waals surface area contributed by atoms with Gasteiger partial charge in [0.1, 0.15) is 0 Å². The zero-order chi connectivity index (χ0) is 11.8. The van der Waals surface area contributed by atoms with Crippen molar-refractivity contribution in [1.82, 2.24) is 0 Å². The predicted molar refractivity (Wildman–Crippen MR) is 63.2 cm³/mol. The number of ether oxygens (including phenoxy) is 3. The average Bonchev–Trinajstić information content (AvgIpc) is 2.78. The Morgan fingerprint density at radius 2 is 2.12 bits per heavy atom. The van der Waals surface area contributed by atoms with E-state index in [0.29, 0.717) is 12.7 Å². The normalized spacial score (nSPS) is 25.8. The first-order valence-electron chi connectivity index (χ1n) is 5.96. The maximum absolute atomic E-state index is 6.29. The number of benzene rings is 1. The Bertz CT molecular complexity index is 433. The summed E-state index contributed by atoms with van der Waals surface area (Å²) in [7, 11) is 1.72. The van der Waals surface area contributed by atoms with Crippen LogP contribution in [-0.4, -0.2) is 20.5 Å². The van der Waals surface area contributed by atoms with E-state index in [2.05, 4.69) is 6.07 Å². The van der Waals surface area contributed by atoms with Gasteiger partial charge in [0, 0.05) is 19.1 Å². The predicted octanol–water partition coefficient (Wildman–Crippen LogP) is 1.62. The Morgan fingerprint density at radius 1 is 1.35 bits per heavy atom. The molecule has 0 aromatic heterocycles. The summed E-state index contributed by atoms with van der Waals surface area (Å²) in [5.74, 6) is 2.06. The highest BCUT2D eigenvalue weighted by atomic mass is 16.7. The summed E-state index contributed by atoms with van der Waals surface area (Å²) in [6.45, 7) is 1.03. The first kappa shape index (κ1) is 10.9. The first-order valence-corrected chi connectivity index (χ1v) is 5.96. The van der Waals surface area contributed by atoms with Crippen molar-refractivity contribution < 1.29 is 14.2 Å². The lowest BCUT2D eigenvalue weighted by atomic mass is 9.80. The molecule has 1 heterocycles. The molecule has 0 radical (unpaired) electrons. The van der Waals surface area contributed by atoms with Gasteiger partial charge in [-0.3, -0.25) is 0 Å². The van der Waals surface area contributed by atoms with Gasteiger partial charge in [0.15, 0.2) is 11.5 Å². The molecular formula is C13H17NO3. The molecule has 0 bridgehead atoms. The average molecular weight is 235 g/mol. The van der Waals surface area contributed by atoms with Gasteiger partial charge in [0.05, 0.1) is 6.61 Å². The third-order valence-corrected chi connectivity index (χ3v) is 3.67. The number of nitrogens with two attached hydrogens (primary N) is 1. The zero-order valence-electron chi connectivity index (χ0n) is 9.94. The van der Waals surface area contributed by atoms with E-state index < -0.39 is 0 Å². The highest BCUT2D eigenvalue weighted by Crippen LogP contribution is 2.41. The van der Waals surface area contributed by atoms with E-state index in [1.165, 1.54) is 11.1 Å². The van der Waals surface area contributed by atoms with Crippen LogP contribution in [0.5, 0.6) is 11.5 Å². The van der Waals surface area contributed by atoms with Gasteiger partial charge in [0.25, 0.3) is 0 Å². The van der Waals surface area contributed by atoms with Crippen molar-refractivity contribution in [3.05, 3.63) is 23.3 Å². The van der Waals surface area contributed by atoms with Crippen molar-refractivity contribution >= 4 is 0 Å². The van der Waals surface area contributed by atoms with Crippen molar-refractivity contribution in [1.29, 1.82) is 0 Å². The Labute approximate surface area is 101 Å². The maximum Gasteiger partial charge on any atom is 0.231 e. The molecule has 2 unspecified atom stereocenters. The zero-order valence-corrected chi connectivity index (χ0v) is 9.94. The van der Waals surface area contributed by atoms with Gasteiger partial charge >= 0.3 is 0 Å². The minimum atomic E-state index is 0.0354. The van der Waals surface area contributed by atoms with Crippen LogP contribution in [0.4, 0.5) is 0 Å². The van der Waals surface area contributed by atoms with Crippen molar-refractivity contribution in [2.45, 2.75) is 18.9 Å². The molecule has 3 rings (SSSR count). The molecule has 1 aliphatic carbocycles. The van der Waals surface area contributed by atoms with E-state index in [0.717, 1.165) is 30.9 Å². The highest BCUT2D eigenvalue weighted by molar-refractivity contribution is 5.50. The summed E-state index contributed by atoms with van der Waals surface area (Å²) >= 11 is 0. The number of aryl methyl sites for hydroxylation is 1. The van der Waals surface area contributed by atoms with E-state index >= 15 is 0 Å². The van der Waals surface area contributed by atoms with Gasteiger partial charge in [-0.05, 0) is 36.1 Å². The van der Waals surface area contributed by atoms with Crippen LogP contribution in [-0.2, 0) is 11.2 Å². The third kappa shape index (κ3) is 1.77. The summed E-state index contributed by atoms with van der Waals surface area (Å²) in [6.07, 6.45) is 2.11. The van der Waals surface area contributed by atoms with Crippen LogP contribution in [0.25, 0.3) is 0 Å². The van der Waals surface area contributed by atoms with E-state index in [1.807, 2.05) is 6.07 Å². The molecule has 2 atom stereocenters. The summed E-state index contributed by atoms with van der Waals surface area (Å²) < 4.78 is 16.0. The van der Waals surface area contributed by atoms with Crippen LogP contribution >= 0.6 is 0 Å². The lowest BCUT2D eigenvalue weighted by Gasteiger charge is -2.30. The second-order valence-corrected chi connectivity index (χ2v) is 4.68. The second kappa shape index (κ2) is 4.20. The Hall–Kier alpha value is -1.26. The van der Waals surface area contributed by atoms with Gasteiger partial charge in [-0.2, -0.15) is 0 Å². The van der Waals surface area contributed by atoms with Crippen LogP contribution in [0.3, 0.4) is 0 Å². The fourth-order valence-corrected chi connectivity index (χ4v) is 2.70. The Balaban J connectivity index is 1.95. The van der Waals surface area contributed by atoms with Gasteiger partial charge < -0.3 is 19.9 Å². The topological polar surface area (TPSA) is 53.7 Å². The minimum absolute atomic E-state index is 0.0354. The van der Waals surface area contributed by atoms with Gasteiger partial charge in [-0.15, -0.1) is 0 Å². The second-order valence-electron chi connectivity index (χ2n) is 4.68. The standard InChI is InChI=1S/C13H17NO3/c1-15-6-9-3-2-8-4-11-12(17-7-16-11)5-10(8)13(9)14/h4-5,9,13H,2-3,6-7,14H2,1H3. The van der Waals surface area contributed by atoms with Crippen molar-refractivity contribution in [2.24, 2.45) is 11.7 Å². The maximum atomic E-state index is 6.29. The number of fused-ring (bicyclic) bond motifs is 2. The van der Waals surface area contributed by atoms with E-state index in [-0.39, 0.29) is 6.04 Å². The number of hydrogen-bond donors (Lipinski definition) is 1. The SMILES string of the molecule is COCC1CCc2cc3c(cc2C1N)OCO3. The molecule has 0 saturated carbocycles. The molecule has 0 fully saturated rings. The molecular weight excluding hydrogens is 218 g/mol. The molecule has 0 saturated heterocycles. The van der Waals surface area contributed by atoms with Crippen LogP contribution in [0, 0.1) is 5.92 Å². The highest BCUT2D eigenvalue weighted by Gasteiger charge is 2.29. The Kier molecular flexibility index (Phi) is 2.68. The number of rotatable bonds is 2. The van der Waals surface area contributed by atoms with Crippen molar-refractivity contribution in [2.75, 3.05) is 20.5 Å². The number of hydrogen-bond acceptors (Lipinski definition) is 4. The largest absolute Gasteiger partial charge is 0.454 e. The van der Waals surface area contributed by atoms with Crippen LogP contribution < -0.4 is 15.2 Å². The lowest BCUT2D eigenvalue weighted by molar-refractivity contribution is 0.130.